The molecule has 112 valence electrons. The highest BCUT2D eigenvalue weighted by Gasteiger charge is 2.21. The van der Waals surface area contributed by atoms with E-state index in [0.717, 1.165) is 16.9 Å². The molecule has 0 aliphatic rings. The van der Waals surface area contributed by atoms with Crippen LogP contribution in [0.15, 0.2) is 12.3 Å². The van der Waals surface area contributed by atoms with Gasteiger partial charge in [0.15, 0.2) is 0 Å². The molecule has 0 aliphatic heterocycles. The molecule has 0 fully saturated rings. The summed E-state index contributed by atoms with van der Waals surface area (Å²) in [6.07, 6.45) is 1.77. The van der Waals surface area contributed by atoms with E-state index in [4.69, 9.17) is 27.4 Å². The molecule has 0 spiro atoms. The molecule has 1 unspecified atom stereocenters. The van der Waals surface area contributed by atoms with Gasteiger partial charge in [-0.2, -0.15) is 0 Å². The maximum absolute atomic E-state index is 5.86. The van der Waals surface area contributed by atoms with Gasteiger partial charge in [0, 0.05) is 27.0 Å². The van der Waals surface area contributed by atoms with Gasteiger partial charge in [-0.3, -0.25) is 0 Å². The van der Waals surface area contributed by atoms with E-state index in [2.05, 4.69) is 16.8 Å². The number of nitrogens with zero attached hydrogens (tertiary/aromatic N) is 2. The molecule has 0 aromatic carbocycles. The molecule has 1 aromatic heterocycles. The summed E-state index contributed by atoms with van der Waals surface area (Å²) in [5.74, 6) is 0.791. The van der Waals surface area contributed by atoms with Gasteiger partial charge < -0.3 is 20.1 Å². The van der Waals surface area contributed by atoms with Crippen molar-refractivity contribution in [3.05, 3.63) is 23.4 Å². The number of thiocarbonyl (C=S) groups is 1. The Balaban J connectivity index is 3.18. The molecule has 5 nitrogen and oxygen atoms in total. The monoisotopic (exact) mass is 297 g/mol. The second-order valence-electron chi connectivity index (χ2n) is 4.68. The number of nitrogens with two attached hydrogens (primary N) is 1. The number of rotatable bonds is 8. The molecule has 20 heavy (non-hydrogen) atoms. The van der Waals surface area contributed by atoms with E-state index in [-0.39, 0.29) is 6.04 Å². The van der Waals surface area contributed by atoms with Gasteiger partial charge in [-0.15, -0.1) is 0 Å². The summed E-state index contributed by atoms with van der Waals surface area (Å²) in [5, 5.41) is 0. The Kier molecular flexibility index (Phi) is 6.84. The molecule has 1 atom stereocenters. The van der Waals surface area contributed by atoms with Crippen molar-refractivity contribution in [2.24, 2.45) is 5.73 Å². The highest BCUT2D eigenvalue weighted by atomic mass is 32.1. The van der Waals surface area contributed by atoms with Crippen LogP contribution in [0.1, 0.15) is 18.1 Å². The molecule has 0 bridgehead atoms. The second-order valence-corrected chi connectivity index (χ2v) is 5.12. The van der Waals surface area contributed by atoms with Crippen LogP contribution in [0.3, 0.4) is 0 Å². The van der Waals surface area contributed by atoms with Crippen LogP contribution in [0.25, 0.3) is 0 Å². The lowest BCUT2D eigenvalue weighted by Gasteiger charge is -2.31. The third kappa shape index (κ3) is 4.13. The van der Waals surface area contributed by atoms with Crippen LogP contribution < -0.4 is 10.6 Å². The molecule has 0 radical (unpaired) electrons. The molecule has 0 saturated carbocycles. The smallest absolute Gasteiger partial charge is 0.139 e. The molecule has 1 rings (SSSR count). The predicted octanol–water partition coefficient (Wildman–Crippen LogP) is 1.51. The first-order chi connectivity index (χ1) is 9.52. The molecule has 0 amide bonds. The summed E-state index contributed by atoms with van der Waals surface area (Å²) >= 11 is 5.17. The molecule has 2 N–H and O–H groups in total. The van der Waals surface area contributed by atoms with E-state index in [9.17, 15) is 0 Å². The number of aryl methyl sites for hydroxylation is 1. The van der Waals surface area contributed by atoms with Gasteiger partial charge in [0.1, 0.15) is 10.8 Å². The maximum Gasteiger partial charge on any atom is 0.139 e. The summed E-state index contributed by atoms with van der Waals surface area (Å²) in [6, 6.07) is 2.06. The fourth-order valence-electron chi connectivity index (χ4n) is 2.12. The molecular weight excluding hydrogens is 274 g/mol. The standard InChI is InChI=1S/C14H23N3O2S/c1-10-5-6-16-14(12(10)13(15)20)17(7-8-18-3)11(2)9-19-4/h5-6,11H,7-9H2,1-4H3,(H2,15,20). The van der Waals surface area contributed by atoms with Crippen molar-refractivity contribution >= 4 is 23.0 Å². The number of hydrogen-bond donors (Lipinski definition) is 1. The van der Waals surface area contributed by atoms with Crippen molar-refractivity contribution in [2.75, 3.05) is 38.9 Å². The number of anilines is 1. The highest BCUT2D eigenvalue weighted by Crippen LogP contribution is 2.23. The summed E-state index contributed by atoms with van der Waals surface area (Å²) in [7, 11) is 3.36. The normalized spacial score (nSPS) is 12.2. The highest BCUT2D eigenvalue weighted by molar-refractivity contribution is 7.80. The topological polar surface area (TPSA) is 60.6 Å². The van der Waals surface area contributed by atoms with Gasteiger partial charge in [0.05, 0.1) is 24.8 Å². The minimum absolute atomic E-state index is 0.151. The van der Waals surface area contributed by atoms with E-state index in [0.29, 0.717) is 24.7 Å². The first-order valence-corrected chi connectivity index (χ1v) is 6.93. The Morgan fingerprint density at radius 2 is 2.15 bits per heavy atom. The van der Waals surface area contributed by atoms with Crippen molar-refractivity contribution in [3.8, 4) is 0 Å². The summed E-state index contributed by atoms with van der Waals surface area (Å²) in [4.78, 5) is 6.94. The Morgan fingerprint density at radius 3 is 2.70 bits per heavy atom. The zero-order chi connectivity index (χ0) is 15.1. The van der Waals surface area contributed by atoms with E-state index >= 15 is 0 Å². The van der Waals surface area contributed by atoms with Crippen LogP contribution in [0.5, 0.6) is 0 Å². The van der Waals surface area contributed by atoms with Crippen LogP contribution in [0, 0.1) is 6.92 Å². The summed E-state index contributed by atoms with van der Waals surface area (Å²) < 4.78 is 10.4. The van der Waals surface area contributed by atoms with E-state index in [1.165, 1.54) is 0 Å². The molecule has 1 aromatic rings. The van der Waals surface area contributed by atoms with E-state index in [1.807, 2.05) is 13.0 Å². The van der Waals surface area contributed by atoms with Gasteiger partial charge in [-0.1, -0.05) is 12.2 Å². The average molecular weight is 297 g/mol. The molecular formula is C14H23N3O2S. The van der Waals surface area contributed by atoms with Crippen LogP contribution in [0.4, 0.5) is 5.82 Å². The zero-order valence-electron chi connectivity index (χ0n) is 12.5. The lowest BCUT2D eigenvalue weighted by atomic mass is 10.1. The Hall–Kier alpha value is -1.24. The van der Waals surface area contributed by atoms with Crippen molar-refractivity contribution in [1.82, 2.24) is 4.98 Å². The SMILES string of the molecule is COCCN(c1nccc(C)c1C(N)=S)C(C)COC. The first-order valence-electron chi connectivity index (χ1n) is 6.52. The minimum Gasteiger partial charge on any atom is -0.389 e. The lowest BCUT2D eigenvalue weighted by molar-refractivity contribution is 0.170. The minimum atomic E-state index is 0.151. The lowest BCUT2D eigenvalue weighted by Crippen LogP contribution is -2.40. The Morgan fingerprint density at radius 1 is 1.45 bits per heavy atom. The van der Waals surface area contributed by atoms with E-state index < -0.39 is 0 Å². The van der Waals surface area contributed by atoms with Gasteiger partial charge in [-0.05, 0) is 25.5 Å². The number of ether oxygens (including phenoxy) is 2. The Labute approximate surface area is 126 Å². The number of methoxy groups -OCH3 is 2. The fourth-order valence-corrected chi connectivity index (χ4v) is 2.37. The molecule has 6 heteroatoms. The van der Waals surface area contributed by atoms with Gasteiger partial charge >= 0.3 is 0 Å². The van der Waals surface area contributed by atoms with Gasteiger partial charge in [0.2, 0.25) is 0 Å². The fraction of sp³-hybridized carbons (Fsp3) is 0.571. The van der Waals surface area contributed by atoms with Crippen LogP contribution in [-0.2, 0) is 9.47 Å². The average Bonchev–Trinajstić information content (AvgIpc) is 2.39. The predicted molar refractivity (Wildman–Crippen MR) is 85.4 cm³/mol. The molecule has 0 saturated heterocycles. The quantitative estimate of drug-likeness (QED) is 0.734. The van der Waals surface area contributed by atoms with Crippen LogP contribution >= 0.6 is 12.2 Å². The largest absolute Gasteiger partial charge is 0.389 e. The zero-order valence-corrected chi connectivity index (χ0v) is 13.4. The number of pyridine rings is 1. The first kappa shape index (κ1) is 16.8. The molecule has 1 heterocycles. The van der Waals surface area contributed by atoms with Gasteiger partial charge in [-0.25, -0.2) is 4.98 Å². The van der Waals surface area contributed by atoms with Crippen molar-refractivity contribution in [3.63, 3.8) is 0 Å². The number of aromatic nitrogens is 1. The molecule has 0 aliphatic carbocycles. The van der Waals surface area contributed by atoms with Crippen molar-refractivity contribution in [2.45, 2.75) is 19.9 Å². The van der Waals surface area contributed by atoms with Crippen molar-refractivity contribution < 1.29 is 9.47 Å². The maximum atomic E-state index is 5.86. The second kappa shape index (κ2) is 8.14. The number of hydrogen-bond acceptors (Lipinski definition) is 5. The third-order valence-corrected chi connectivity index (χ3v) is 3.34. The van der Waals surface area contributed by atoms with Crippen molar-refractivity contribution in [1.29, 1.82) is 0 Å². The summed E-state index contributed by atoms with van der Waals surface area (Å²) in [6.45, 7) is 5.95. The van der Waals surface area contributed by atoms with Crippen LogP contribution in [-0.4, -0.2) is 50.0 Å². The third-order valence-electron chi connectivity index (χ3n) is 3.13. The Bertz CT molecular complexity index is 454. The summed E-state index contributed by atoms with van der Waals surface area (Å²) in [5.41, 5.74) is 7.70. The van der Waals surface area contributed by atoms with E-state index in [1.54, 1.807) is 20.4 Å². The van der Waals surface area contributed by atoms with Crippen LogP contribution in [0.2, 0.25) is 0 Å². The van der Waals surface area contributed by atoms with Gasteiger partial charge in [0.25, 0.3) is 0 Å².